The van der Waals surface area contributed by atoms with E-state index >= 15 is 4.39 Å². The van der Waals surface area contributed by atoms with E-state index in [0.717, 1.165) is 18.5 Å². The van der Waals surface area contributed by atoms with Gasteiger partial charge < -0.3 is 25.0 Å². The van der Waals surface area contributed by atoms with Gasteiger partial charge in [-0.15, -0.1) is 5.10 Å². The molecule has 1 fully saturated rings. The fourth-order valence-corrected chi connectivity index (χ4v) is 4.98. The van der Waals surface area contributed by atoms with Gasteiger partial charge in [-0.1, -0.05) is 6.58 Å². The Kier molecular flexibility index (Phi) is 8.00. The first-order chi connectivity index (χ1) is 21.4. The monoisotopic (exact) mass is 595 g/mol. The summed E-state index contributed by atoms with van der Waals surface area (Å²) in [4.78, 5) is 30.9. The maximum Gasteiger partial charge on any atom is 0.245 e. The van der Waals surface area contributed by atoms with E-state index < -0.39 is 5.82 Å². The molecule has 0 bridgehead atoms. The van der Waals surface area contributed by atoms with Crippen LogP contribution in [0.15, 0.2) is 74.0 Å². The van der Waals surface area contributed by atoms with Gasteiger partial charge in [-0.3, -0.25) is 4.79 Å². The second kappa shape index (κ2) is 12.3. The molecule has 0 aliphatic carbocycles. The number of anilines is 3. The van der Waals surface area contributed by atoms with Gasteiger partial charge in [0, 0.05) is 48.9 Å². The average Bonchev–Trinajstić information content (AvgIpc) is 3.51. The molecule has 1 aliphatic rings. The van der Waals surface area contributed by atoms with E-state index in [1.807, 2.05) is 12.1 Å². The molecule has 13 heteroatoms. The minimum atomic E-state index is -0.534. The predicted molar refractivity (Wildman–Crippen MR) is 163 cm³/mol. The number of likely N-dealkylation sites (tertiary alicyclic amines) is 1. The van der Waals surface area contributed by atoms with Crippen LogP contribution in [0.3, 0.4) is 0 Å². The zero-order valence-corrected chi connectivity index (χ0v) is 24.2. The van der Waals surface area contributed by atoms with E-state index in [4.69, 9.17) is 9.47 Å². The number of aromatic nitrogens is 6. The Morgan fingerprint density at radius 1 is 1.07 bits per heavy atom. The summed E-state index contributed by atoms with van der Waals surface area (Å²) < 4.78 is 28.3. The minimum absolute atomic E-state index is 0.0594. The molecule has 0 atom stereocenters. The molecular formula is C31H30FN9O3. The number of piperidine rings is 1. The lowest BCUT2D eigenvalue weighted by Gasteiger charge is -2.32. The molecule has 1 amide bonds. The molecule has 2 aromatic carbocycles. The number of carbonyl (C=O) groups excluding carboxylic acids is 1. The van der Waals surface area contributed by atoms with Gasteiger partial charge in [-0.25, -0.2) is 29.0 Å². The highest BCUT2D eigenvalue weighted by Gasteiger charge is 2.23. The maximum atomic E-state index is 15.3. The van der Waals surface area contributed by atoms with Gasteiger partial charge in [0.1, 0.15) is 41.0 Å². The number of nitrogens with one attached hydrogen (secondary N) is 2. The van der Waals surface area contributed by atoms with Crippen molar-refractivity contribution in [1.29, 1.82) is 0 Å². The maximum absolute atomic E-state index is 15.3. The lowest BCUT2D eigenvalue weighted by Crippen LogP contribution is -2.41. The van der Waals surface area contributed by atoms with E-state index in [2.05, 4.69) is 42.2 Å². The summed E-state index contributed by atoms with van der Waals surface area (Å²) in [5, 5.41) is 11.7. The van der Waals surface area contributed by atoms with E-state index in [1.165, 1.54) is 18.5 Å². The molecule has 0 radical (unpaired) electrons. The van der Waals surface area contributed by atoms with Gasteiger partial charge in [0.25, 0.3) is 0 Å². The quantitative estimate of drug-likeness (QED) is 0.220. The van der Waals surface area contributed by atoms with Crippen molar-refractivity contribution in [2.45, 2.75) is 25.8 Å². The van der Waals surface area contributed by atoms with Crippen molar-refractivity contribution in [2.24, 2.45) is 0 Å². The van der Waals surface area contributed by atoms with Crippen LogP contribution in [0.4, 0.5) is 21.6 Å². The smallest absolute Gasteiger partial charge is 0.245 e. The molecule has 0 unspecified atom stereocenters. The van der Waals surface area contributed by atoms with Crippen molar-refractivity contribution in [3.05, 3.63) is 85.6 Å². The summed E-state index contributed by atoms with van der Waals surface area (Å²) in [5.41, 5.74) is 2.28. The number of carbonyl (C=O) groups is 1. The largest absolute Gasteiger partial charge is 0.495 e. The molecule has 44 heavy (non-hydrogen) atoms. The van der Waals surface area contributed by atoms with Gasteiger partial charge >= 0.3 is 0 Å². The van der Waals surface area contributed by atoms with Crippen LogP contribution < -0.4 is 20.1 Å². The summed E-state index contributed by atoms with van der Waals surface area (Å²) in [5.74, 6) is 1.69. The van der Waals surface area contributed by atoms with Crippen LogP contribution in [0.2, 0.25) is 0 Å². The Morgan fingerprint density at radius 2 is 1.86 bits per heavy atom. The highest BCUT2D eigenvalue weighted by molar-refractivity contribution is 5.95. The second-order valence-electron chi connectivity index (χ2n) is 10.2. The average molecular weight is 596 g/mol. The van der Waals surface area contributed by atoms with Crippen LogP contribution in [-0.4, -0.2) is 66.8 Å². The van der Waals surface area contributed by atoms with Crippen LogP contribution in [0.25, 0.3) is 16.6 Å². The first-order valence-corrected chi connectivity index (χ1v) is 14.0. The second-order valence-corrected chi connectivity index (χ2v) is 10.2. The van der Waals surface area contributed by atoms with Crippen molar-refractivity contribution in [1.82, 2.24) is 34.6 Å². The van der Waals surface area contributed by atoms with Crippen molar-refractivity contribution < 1.29 is 18.7 Å². The van der Waals surface area contributed by atoms with Crippen molar-refractivity contribution >= 4 is 34.0 Å². The van der Waals surface area contributed by atoms with Gasteiger partial charge in [0.2, 0.25) is 11.8 Å². The Balaban J connectivity index is 1.18. The molecule has 0 spiro atoms. The topological polar surface area (TPSA) is 132 Å². The number of fused-ring (bicyclic) bond motifs is 1. The van der Waals surface area contributed by atoms with Crippen molar-refractivity contribution in [3.63, 3.8) is 0 Å². The van der Waals surface area contributed by atoms with Gasteiger partial charge in [0.05, 0.1) is 36.4 Å². The van der Waals surface area contributed by atoms with E-state index in [1.54, 1.807) is 60.4 Å². The third-order valence-corrected chi connectivity index (χ3v) is 7.31. The number of rotatable bonds is 9. The molecule has 1 saturated heterocycles. The summed E-state index contributed by atoms with van der Waals surface area (Å²) >= 11 is 0. The van der Waals surface area contributed by atoms with Gasteiger partial charge in [-0.2, -0.15) is 0 Å². The Morgan fingerprint density at radius 3 is 2.59 bits per heavy atom. The summed E-state index contributed by atoms with van der Waals surface area (Å²) in [6.07, 6.45) is 9.32. The lowest BCUT2D eigenvalue weighted by atomic mass is 10.0. The third kappa shape index (κ3) is 6.11. The molecular weight excluding hydrogens is 565 g/mol. The number of amides is 1. The zero-order valence-electron chi connectivity index (χ0n) is 24.2. The molecule has 6 rings (SSSR count). The fourth-order valence-electron chi connectivity index (χ4n) is 4.98. The number of aryl methyl sites for hydroxylation is 1. The number of hydrogen-bond acceptors (Lipinski definition) is 10. The van der Waals surface area contributed by atoms with Crippen LogP contribution in [-0.2, 0) is 4.79 Å². The Bertz CT molecular complexity index is 1820. The Labute approximate surface area is 252 Å². The fraction of sp³-hybridized carbons (Fsp3) is 0.226. The number of ether oxygens (including phenoxy) is 2. The molecule has 5 aromatic rings. The van der Waals surface area contributed by atoms with Crippen LogP contribution in [0.5, 0.6) is 17.4 Å². The standard InChI is InChI=1S/C31H30FN9O3/c1-4-30(42)40-10-7-20(8-11-40)37-27-14-23-26(15-28(27)43-3)35-18-36-31(23)38-25-6-5-22(13-24(25)32)44-29-9-12-41(39-29)21-16-33-19(2)34-17-21/h4-6,9,12-18,20,37H,1,7-8,10-11H2,2-3H3,(H,35,36,38). The number of benzene rings is 2. The predicted octanol–water partition coefficient (Wildman–Crippen LogP) is 5.19. The first-order valence-electron chi connectivity index (χ1n) is 14.0. The Hall–Kier alpha value is -5.59. The van der Waals surface area contributed by atoms with Crippen molar-refractivity contribution in [2.75, 3.05) is 30.8 Å². The van der Waals surface area contributed by atoms with Crippen LogP contribution >= 0.6 is 0 Å². The molecule has 12 nitrogen and oxygen atoms in total. The lowest BCUT2D eigenvalue weighted by molar-refractivity contribution is -0.126. The highest BCUT2D eigenvalue weighted by atomic mass is 19.1. The molecule has 2 N–H and O–H groups in total. The molecule has 4 heterocycles. The SMILES string of the molecule is C=CC(=O)N1CCC(Nc2cc3c(Nc4ccc(Oc5ccn(-c6cnc(C)nc6)n5)cc4F)ncnc3cc2OC)CC1. The molecule has 224 valence electrons. The first kappa shape index (κ1) is 28.5. The van der Waals surface area contributed by atoms with E-state index in [0.29, 0.717) is 53.0 Å². The molecule has 3 aromatic heterocycles. The van der Waals surface area contributed by atoms with Crippen LogP contribution in [0, 0.1) is 12.7 Å². The summed E-state index contributed by atoms with van der Waals surface area (Å²) in [6, 6.07) is 10.0. The van der Waals surface area contributed by atoms with Crippen molar-refractivity contribution in [3.8, 4) is 23.1 Å². The number of hydrogen-bond donors (Lipinski definition) is 2. The normalized spacial score (nSPS) is 13.5. The van der Waals surface area contributed by atoms with Gasteiger partial charge in [0.15, 0.2) is 0 Å². The van der Waals surface area contributed by atoms with Crippen LogP contribution in [0.1, 0.15) is 18.7 Å². The zero-order chi connectivity index (χ0) is 30.6. The number of halogens is 1. The summed E-state index contributed by atoms with van der Waals surface area (Å²) in [7, 11) is 1.60. The number of methoxy groups -OCH3 is 1. The van der Waals surface area contributed by atoms with E-state index in [9.17, 15) is 4.79 Å². The number of nitrogens with zero attached hydrogens (tertiary/aromatic N) is 7. The van der Waals surface area contributed by atoms with E-state index in [-0.39, 0.29) is 23.4 Å². The highest BCUT2D eigenvalue weighted by Crippen LogP contribution is 2.35. The third-order valence-electron chi connectivity index (χ3n) is 7.31. The van der Waals surface area contributed by atoms with Gasteiger partial charge in [-0.05, 0) is 44.0 Å². The minimum Gasteiger partial charge on any atom is -0.495 e. The molecule has 0 saturated carbocycles. The molecule has 1 aliphatic heterocycles. The summed E-state index contributed by atoms with van der Waals surface area (Å²) in [6.45, 7) is 6.65.